The lowest BCUT2D eigenvalue weighted by Crippen LogP contribution is -2.46. The number of rotatable bonds is 6. The van der Waals surface area contributed by atoms with Gasteiger partial charge in [0.25, 0.3) is 0 Å². The van der Waals surface area contributed by atoms with Crippen molar-refractivity contribution in [3.8, 4) is 0 Å². The summed E-state index contributed by atoms with van der Waals surface area (Å²) in [5.74, 6) is -3.13. The predicted molar refractivity (Wildman–Crippen MR) is 88.0 cm³/mol. The van der Waals surface area contributed by atoms with Gasteiger partial charge in [-0.25, -0.2) is 14.7 Å². The number of nitrogens with zero attached hydrogens (tertiary/aromatic N) is 1. The van der Waals surface area contributed by atoms with Gasteiger partial charge in [0.2, 0.25) is 5.91 Å². The Hall–Kier alpha value is -1.83. The van der Waals surface area contributed by atoms with Crippen LogP contribution in [0.25, 0.3) is 0 Å². The summed E-state index contributed by atoms with van der Waals surface area (Å²) < 4.78 is 50.7. The molecule has 24 heavy (non-hydrogen) atoms. The summed E-state index contributed by atoms with van der Waals surface area (Å²) in [5, 5.41) is 2.14. The van der Waals surface area contributed by atoms with Gasteiger partial charge in [0.15, 0.2) is 0 Å². The van der Waals surface area contributed by atoms with Crippen LogP contribution in [0.1, 0.15) is 61.1 Å². The largest absolute Gasteiger partial charge is 0.458 e. The molecule has 0 unspecified atom stereocenters. The van der Waals surface area contributed by atoms with E-state index in [0.29, 0.717) is 5.06 Å². The van der Waals surface area contributed by atoms with E-state index in [4.69, 9.17) is 16.3 Å². The maximum absolute atomic E-state index is 12.7. The van der Waals surface area contributed by atoms with Crippen LogP contribution in [0.5, 0.6) is 0 Å². The van der Waals surface area contributed by atoms with Gasteiger partial charge in [0.1, 0.15) is 17.2 Å². The fraction of sp³-hybridized carbons (Fsp3) is 0.812. The molecule has 1 N–H and O–H groups in total. The lowest BCUT2D eigenvalue weighted by atomic mass is 10.1. The number of hydrogen-bond acceptors (Lipinski definition) is 6. The number of amides is 2. The Morgan fingerprint density at radius 3 is 2.04 bits per heavy atom. The van der Waals surface area contributed by atoms with Crippen LogP contribution in [0.4, 0.5) is 4.79 Å². The Labute approximate surface area is 150 Å². The monoisotopic (exact) mass is 351 g/mol. The van der Waals surface area contributed by atoms with E-state index in [1.54, 1.807) is 5.32 Å². The van der Waals surface area contributed by atoms with Gasteiger partial charge in [0.05, 0.1) is 8.48 Å². The molecule has 8 heteroatoms. The van der Waals surface area contributed by atoms with Crippen molar-refractivity contribution < 1.29 is 35.5 Å². The molecular weight excluding hydrogens is 316 g/mol. The lowest BCUT2D eigenvalue weighted by Gasteiger charge is -2.26. The van der Waals surface area contributed by atoms with Gasteiger partial charge in [-0.05, 0) is 47.9 Å². The van der Waals surface area contributed by atoms with Gasteiger partial charge in [-0.1, -0.05) is 0 Å². The first-order valence-corrected chi connectivity index (χ1v) is 7.19. The van der Waals surface area contributed by atoms with Crippen molar-refractivity contribution in [3.05, 3.63) is 0 Å². The van der Waals surface area contributed by atoms with Crippen molar-refractivity contribution in [3.63, 3.8) is 0 Å². The second kappa shape index (κ2) is 8.86. The molecule has 0 aromatic heterocycles. The second-order valence-electron chi connectivity index (χ2n) is 6.74. The summed E-state index contributed by atoms with van der Waals surface area (Å²) in [4.78, 5) is 41.8. The molecule has 0 aromatic carbocycles. The van der Waals surface area contributed by atoms with Gasteiger partial charge in [0, 0.05) is 18.9 Å². The Balaban J connectivity index is 6.36. The number of nitrogens with one attached hydrogen (secondary N) is 1. The van der Waals surface area contributed by atoms with Crippen LogP contribution >= 0.6 is 0 Å². The molecular formula is C16H30N2O6. The molecule has 0 radical (unpaired) electrons. The minimum Gasteiger partial charge on any atom is -0.458 e. The van der Waals surface area contributed by atoms with Crippen LogP contribution in [0.3, 0.4) is 0 Å². The molecule has 0 bridgehead atoms. The highest BCUT2D eigenvalue weighted by atomic mass is 16.7. The zero-order valence-electron chi connectivity index (χ0n) is 20.4. The molecule has 0 fully saturated rings. The van der Waals surface area contributed by atoms with E-state index in [0.717, 1.165) is 14.2 Å². The van der Waals surface area contributed by atoms with Crippen molar-refractivity contribution in [2.45, 2.75) is 71.5 Å². The molecule has 0 aliphatic carbocycles. The average Bonchev–Trinajstić information content (AvgIpc) is 2.48. The molecule has 0 heterocycles. The van der Waals surface area contributed by atoms with Crippen molar-refractivity contribution in [1.29, 1.82) is 0 Å². The van der Waals surface area contributed by atoms with Crippen molar-refractivity contribution >= 4 is 18.0 Å². The average molecular weight is 351 g/mol. The van der Waals surface area contributed by atoms with E-state index < -0.39 is 47.9 Å². The minimum atomic E-state index is -3.61. The number of esters is 1. The summed E-state index contributed by atoms with van der Waals surface area (Å²) in [6, 6.07) is -3.38. The topological polar surface area (TPSA) is 94.2 Å². The van der Waals surface area contributed by atoms with Crippen molar-refractivity contribution in [1.82, 2.24) is 10.4 Å². The zero-order valence-corrected chi connectivity index (χ0v) is 15.4. The van der Waals surface area contributed by atoms with E-state index in [9.17, 15) is 14.4 Å². The molecule has 1 atom stereocenters. The van der Waals surface area contributed by atoms with Crippen LogP contribution in [-0.2, 0) is 23.9 Å². The maximum atomic E-state index is 12.7. The maximum Gasteiger partial charge on any atom is 0.408 e. The minimum absolute atomic E-state index is 0.404. The fourth-order valence-corrected chi connectivity index (χ4v) is 1.15. The SMILES string of the molecule is [2H]C([2H])(C(=O)N(C)OC)C([2H])([2H])[C@]([2H])(NC(=O)OC(C)(C)C)C(=O)OC(C)(C)C. The predicted octanol–water partition coefficient (Wildman–Crippen LogP) is 2.02. The fourth-order valence-electron chi connectivity index (χ4n) is 1.15. The number of carbonyl (C=O) groups excluding carboxylic acids is 3. The van der Waals surface area contributed by atoms with Crippen molar-refractivity contribution in [2.24, 2.45) is 0 Å². The summed E-state index contributed by atoms with van der Waals surface area (Å²) in [6.45, 7) is 8.80. The standard InChI is InChI=1S/C16H30N2O6/c1-15(2,3)23-13(20)11(9-10-12(19)18(7)22-8)17-14(21)24-16(4,5)6/h11H,9-10H2,1-8H3,(H,17,21)/t11-/m0/s1/i9D2,10D2,11D. The number of hydroxylamine groups is 2. The molecule has 0 aliphatic heterocycles. The smallest absolute Gasteiger partial charge is 0.408 e. The Bertz CT molecular complexity index is 645. The third-order valence-corrected chi connectivity index (χ3v) is 2.08. The summed E-state index contributed by atoms with van der Waals surface area (Å²) in [7, 11) is 2.07. The molecule has 0 rings (SSSR count). The highest BCUT2D eigenvalue weighted by molar-refractivity contribution is 5.83. The Morgan fingerprint density at radius 1 is 1.12 bits per heavy atom. The highest BCUT2D eigenvalue weighted by Crippen LogP contribution is 2.13. The molecule has 2 amide bonds. The van der Waals surface area contributed by atoms with E-state index in [-0.39, 0.29) is 0 Å². The first-order chi connectivity index (χ1) is 12.6. The summed E-state index contributed by atoms with van der Waals surface area (Å²) in [6.07, 6.45) is -8.46. The Morgan fingerprint density at radius 2 is 1.62 bits per heavy atom. The van der Waals surface area contributed by atoms with Crippen LogP contribution in [-0.4, -0.2) is 54.4 Å². The number of carbonyl (C=O) groups is 3. The molecule has 0 saturated carbocycles. The van der Waals surface area contributed by atoms with E-state index in [1.165, 1.54) is 41.5 Å². The lowest BCUT2D eigenvalue weighted by molar-refractivity contribution is -0.169. The van der Waals surface area contributed by atoms with Gasteiger partial charge in [-0.2, -0.15) is 0 Å². The number of hydrogen-bond donors (Lipinski definition) is 1. The summed E-state index contributed by atoms with van der Waals surface area (Å²) >= 11 is 0. The third kappa shape index (κ3) is 10.0. The molecule has 0 spiro atoms. The molecule has 8 nitrogen and oxygen atoms in total. The number of ether oxygens (including phenoxy) is 2. The molecule has 140 valence electrons. The van der Waals surface area contributed by atoms with Gasteiger partial charge in [-0.15, -0.1) is 0 Å². The first kappa shape index (κ1) is 14.5. The highest BCUT2D eigenvalue weighted by Gasteiger charge is 2.29. The van der Waals surface area contributed by atoms with Crippen LogP contribution in [0.2, 0.25) is 0 Å². The van der Waals surface area contributed by atoms with E-state index >= 15 is 0 Å². The van der Waals surface area contributed by atoms with Crippen LogP contribution < -0.4 is 5.32 Å². The second-order valence-corrected chi connectivity index (χ2v) is 6.74. The molecule has 0 aromatic rings. The van der Waals surface area contributed by atoms with E-state index in [1.807, 2.05) is 0 Å². The van der Waals surface area contributed by atoms with Gasteiger partial charge < -0.3 is 14.8 Å². The van der Waals surface area contributed by atoms with Crippen molar-refractivity contribution in [2.75, 3.05) is 14.2 Å². The van der Waals surface area contributed by atoms with E-state index in [2.05, 4.69) is 4.84 Å². The molecule has 0 aliphatic rings. The first-order valence-electron chi connectivity index (χ1n) is 9.69. The van der Waals surface area contributed by atoms with Gasteiger partial charge >= 0.3 is 12.1 Å². The molecule has 0 saturated heterocycles. The zero-order chi connectivity index (χ0) is 23.6. The van der Waals surface area contributed by atoms with Crippen LogP contribution in [0.15, 0.2) is 0 Å². The number of alkyl carbamates (subject to hydrolysis) is 1. The summed E-state index contributed by atoms with van der Waals surface area (Å²) in [5.41, 5.74) is -2.26. The Kier molecular flexibility index (Phi) is 5.36. The van der Waals surface area contributed by atoms with Gasteiger partial charge in [-0.3, -0.25) is 9.63 Å². The quantitative estimate of drug-likeness (QED) is 0.581. The van der Waals surface area contributed by atoms with Crippen LogP contribution in [0, 0.1) is 0 Å². The normalized spacial score (nSPS) is 18.6. The third-order valence-electron chi connectivity index (χ3n) is 2.08.